The van der Waals surface area contributed by atoms with Gasteiger partial charge in [-0.3, -0.25) is 0 Å². The van der Waals surface area contributed by atoms with Gasteiger partial charge >= 0.3 is 0 Å². The highest BCUT2D eigenvalue weighted by Crippen LogP contribution is 2.28. The first-order valence-electron chi connectivity index (χ1n) is 4.92. The first kappa shape index (κ1) is 13.8. The maximum Gasteiger partial charge on any atom is 0.134 e. The molecule has 1 aromatic carbocycles. The zero-order valence-corrected chi connectivity index (χ0v) is 11.6. The average molecular weight is 309 g/mol. The summed E-state index contributed by atoms with van der Waals surface area (Å²) in [5.74, 6) is 0.765. The molecule has 1 N–H and O–H groups in total. The van der Waals surface area contributed by atoms with Crippen LogP contribution >= 0.6 is 27.5 Å². The molecule has 1 rings (SSSR count). The van der Waals surface area contributed by atoms with Crippen LogP contribution in [0.15, 0.2) is 22.7 Å². The molecule has 0 radical (unpaired) electrons. The fourth-order valence-corrected chi connectivity index (χ4v) is 2.07. The Hall–Kier alpha value is -0.290. The van der Waals surface area contributed by atoms with Gasteiger partial charge < -0.3 is 14.8 Å². The van der Waals surface area contributed by atoms with Gasteiger partial charge in [0, 0.05) is 18.7 Å². The minimum absolute atomic E-state index is 0.0209. The van der Waals surface area contributed by atoms with E-state index in [9.17, 15) is 0 Å². The Morgan fingerprint density at radius 2 is 2.25 bits per heavy atom. The molecule has 3 nitrogen and oxygen atoms in total. The quantitative estimate of drug-likeness (QED) is 0.876. The zero-order chi connectivity index (χ0) is 12.0. The van der Waals surface area contributed by atoms with E-state index in [2.05, 4.69) is 21.2 Å². The number of ether oxygens (including phenoxy) is 2. The Morgan fingerprint density at radius 1 is 1.50 bits per heavy atom. The number of hydrogen-bond acceptors (Lipinski definition) is 3. The molecule has 0 heterocycles. The molecule has 0 saturated heterocycles. The summed E-state index contributed by atoms with van der Waals surface area (Å²) >= 11 is 9.26. The molecular formula is C11H15BrClNO2. The third-order valence-corrected chi connectivity index (χ3v) is 2.83. The Labute approximate surface area is 109 Å². The SMILES string of the molecule is CNCC(COC)Oc1ccc(Cl)cc1Br. The minimum atomic E-state index is -0.0209. The van der Waals surface area contributed by atoms with Crippen molar-refractivity contribution in [1.82, 2.24) is 5.32 Å². The number of rotatable bonds is 6. The Kier molecular flexibility index (Phi) is 6.13. The summed E-state index contributed by atoms with van der Waals surface area (Å²) in [6.45, 7) is 1.26. The highest BCUT2D eigenvalue weighted by Gasteiger charge is 2.11. The van der Waals surface area contributed by atoms with Crippen LogP contribution in [0.3, 0.4) is 0 Å². The summed E-state index contributed by atoms with van der Waals surface area (Å²) in [6.07, 6.45) is -0.0209. The lowest BCUT2D eigenvalue weighted by Crippen LogP contribution is -2.33. The van der Waals surface area contributed by atoms with Gasteiger partial charge in [-0.25, -0.2) is 0 Å². The molecule has 1 atom stereocenters. The second-order valence-corrected chi connectivity index (χ2v) is 4.62. The van der Waals surface area contributed by atoms with Crippen molar-refractivity contribution in [2.45, 2.75) is 6.10 Å². The summed E-state index contributed by atoms with van der Waals surface area (Å²) < 4.78 is 11.7. The van der Waals surface area contributed by atoms with Crippen molar-refractivity contribution in [2.75, 3.05) is 27.3 Å². The minimum Gasteiger partial charge on any atom is -0.486 e. The molecule has 1 aromatic rings. The number of nitrogens with one attached hydrogen (secondary N) is 1. The van der Waals surface area contributed by atoms with Crippen molar-refractivity contribution in [1.29, 1.82) is 0 Å². The van der Waals surface area contributed by atoms with Crippen LogP contribution in [0.25, 0.3) is 0 Å². The standard InChI is InChI=1S/C11H15BrClNO2/c1-14-6-9(7-15-2)16-11-4-3-8(13)5-10(11)12/h3-5,9,14H,6-7H2,1-2H3. The van der Waals surface area contributed by atoms with Gasteiger partial charge in [-0.1, -0.05) is 11.6 Å². The van der Waals surface area contributed by atoms with E-state index in [1.165, 1.54) is 0 Å². The first-order chi connectivity index (χ1) is 7.67. The lowest BCUT2D eigenvalue weighted by atomic mass is 10.3. The van der Waals surface area contributed by atoms with Crippen LogP contribution < -0.4 is 10.1 Å². The van der Waals surface area contributed by atoms with Gasteiger partial charge in [-0.2, -0.15) is 0 Å². The number of benzene rings is 1. The fourth-order valence-electron chi connectivity index (χ4n) is 1.30. The van der Waals surface area contributed by atoms with Gasteiger partial charge in [-0.05, 0) is 41.2 Å². The van der Waals surface area contributed by atoms with E-state index < -0.39 is 0 Å². The highest BCUT2D eigenvalue weighted by molar-refractivity contribution is 9.10. The van der Waals surface area contributed by atoms with Crippen LogP contribution in [0.1, 0.15) is 0 Å². The topological polar surface area (TPSA) is 30.5 Å². The molecule has 5 heteroatoms. The lowest BCUT2D eigenvalue weighted by Gasteiger charge is -2.18. The number of likely N-dealkylation sites (N-methyl/N-ethyl adjacent to an activating group) is 1. The zero-order valence-electron chi connectivity index (χ0n) is 9.30. The van der Waals surface area contributed by atoms with E-state index in [-0.39, 0.29) is 6.10 Å². The molecule has 0 aliphatic carbocycles. The molecule has 0 amide bonds. The van der Waals surface area contributed by atoms with Crippen molar-refractivity contribution >= 4 is 27.5 Å². The van der Waals surface area contributed by atoms with Gasteiger partial charge in [0.2, 0.25) is 0 Å². The first-order valence-corrected chi connectivity index (χ1v) is 6.09. The average Bonchev–Trinajstić information content (AvgIpc) is 2.23. The summed E-state index contributed by atoms with van der Waals surface area (Å²) in [5.41, 5.74) is 0. The summed E-state index contributed by atoms with van der Waals surface area (Å²) in [4.78, 5) is 0. The van der Waals surface area contributed by atoms with Crippen molar-refractivity contribution in [2.24, 2.45) is 0 Å². The molecule has 0 bridgehead atoms. The Bertz CT molecular complexity index is 330. The van der Waals surface area contributed by atoms with Crippen LogP contribution in [0.4, 0.5) is 0 Å². The largest absolute Gasteiger partial charge is 0.486 e. The van der Waals surface area contributed by atoms with E-state index >= 15 is 0 Å². The highest BCUT2D eigenvalue weighted by atomic mass is 79.9. The third kappa shape index (κ3) is 4.29. The number of methoxy groups -OCH3 is 1. The molecule has 0 spiro atoms. The van der Waals surface area contributed by atoms with Crippen LogP contribution in [-0.2, 0) is 4.74 Å². The molecule has 0 fully saturated rings. The van der Waals surface area contributed by atoms with Crippen molar-refractivity contribution in [3.63, 3.8) is 0 Å². The van der Waals surface area contributed by atoms with Gasteiger partial charge in [-0.15, -0.1) is 0 Å². The molecule has 1 unspecified atom stereocenters. The van der Waals surface area contributed by atoms with E-state index in [1.807, 2.05) is 13.1 Å². The summed E-state index contributed by atoms with van der Waals surface area (Å²) in [6, 6.07) is 5.44. The van der Waals surface area contributed by atoms with Crippen LogP contribution in [0.5, 0.6) is 5.75 Å². The van der Waals surface area contributed by atoms with Crippen molar-refractivity contribution in [3.8, 4) is 5.75 Å². The lowest BCUT2D eigenvalue weighted by molar-refractivity contribution is 0.0813. The van der Waals surface area contributed by atoms with Gasteiger partial charge in [0.1, 0.15) is 11.9 Å². The molecular weight excluding hydrogens is 293 g/mol. The molecule has 0 aliphatic heterocycles. The maximum atomic E-state index is 5.85. The fraction of sp³-hybridized carbons (Fsp3) is 0.455. The predicted octanol–water partition coefficient (Wildman–Crippen LogP) is 2.72. The molecule has 0 saturated carbocycles. The Balaban J connectivity index is 2.68. The van der Waals surface area contributed by atoms with Gasteiger partial charge in [0.05, 0.1) is 11.1 Å². The Morgan fingerprint density at radius 3 is 2.81 bits per heavy atom. The van der Waals surface area contributed by atoms with Crippen molar-refractivity contribution in [3.05, 3.63) is 27.7 Å². The summed E-state index contributed by atoms with van der Waals surface area (Å²) in [7, 11) is 3.53. The monoisotopic (exact) mass is 307 g/mol. The number of hydrogen-bond donors (Lipinski definition) is 1. The van der Waals surface area contributed by atoms with E-state index in [4.69, 9.17) is 21.1 Å². The van der Waals surface area contributed by atoms with Crippen LogP contribution in [0.2, 0.25) is 5.02 Å². The van der Waals surface area contributed by atoms with E-state index in [1.54, 1.807) is 19.2 Å². The molecule has 0 aliphatic rings. The van der Waals surface area contributed by atoms with Crippen LogP contribution in [0, 0.1) is 0 Å². The molecule has 16 heavy (non-hydrogen) atoms. The van der Waals surface area contributed by atoms with Crippen molar-refractivity contribution < 1.29 is 9.47 Å². The predicted molar refractivity (Wildman–Crippen MR) is 69.4 cm³/mol. The van der Waals surface area contributed by atoms with E-state index in [0.717, 1.165) is 16.8 Å². The smallest absolute Gasteiger partial charge is 0.134 e. The van der Waals surface area contributed by atoms with Gasteiger partial charge in [0.25, 0.3) is 0 Å². The maximum absolute atomic E-state index is 5.85. The van der Waals surface area contributed by atoms with Gasteiger partial charge in [0.15, 0.2) is 0 Å². The third-order valence-electron chi connectivity index (χ3n) is 1.97. The normalized spacial score (nSPS) is 12.5. The number of halogens is 2. The summed E-state index contributed by atoms with van der Waals surface area (Å²) in [5, 5.41) is 3.73. The molecule has 90 valence electrons. The second kappa shape index (κ2) is 7.12. The van der Waals surface area contributed by atoms with Crippen LogP contribution in [-0.4, -0.2) is 33.4 Å². The second-order valence-electron chi connectivity index (χ2n) is 3.33. The van der Waals surface area contributed by atoms with E-state index in [0.29, 0.717) is 11.6 Å². The molecule has 0 aromatic heterocycles.